The summed E-state index contributed by atoms with van der Waals surface area (Å²) < 4.78 is 6.57. The van der Waals surface area contributed by atoms with Crippen molar-refractivity contribution >= 4 is 34.7 Å². The SMILES string of the molecule is C.CCN(CC)c1ccc2c(-c3ccccc3)nn(-c3nc(OC=O)cs3)c2n1. The Bertz CT molecular complexity index is 1100. The topological polar surface area (TPSA) is 73.1 Å². The number of benzene rings is 1. The van der Waals surface area contributed by atoms with Crippen molar-refractivity contribution in [3.05, 3.63) is 47.8 Å². The van der Waals surface area contributed by atoms with Crippen molar-refractivity contribution in [3.8, 4) is 22.3 Å². The summed E-state index contributed by atoms with van der Waals surface area (Å²) in [6.45, 7) is 6.30. The zero-order valence-corrected chi connectivity index (χ0v) is 16.4. The molecule has 3 aromatic heterocycles. The third kappa shape index (κ3) is 3.84. The van der Waals surface area contributed by atoms with E-state index in [9.17, 15) is 4.79 Å². The normalized spacial score (nSPS) is 10.6. The minimum absolute atomic E-state index is 0. The van der Waals surface area contributed by atoms with Gasteiger partial charge in [0.2, 0.25) is 11.0 Å². The number of nitrogens with zero attached hydrogens (tertiary/aromatic N) is 5. The molecule has 7 nitrogen and oxygen atoms in total. The minimum atomic E-state index is 0. The number of hydrogen-bond acceptors (Lipinski definition) is 7. The molecule has 0 atom stereocenters. The zero-order valence-electron chi connectivity index (χ0n) is 15.6. The van der Waals surface area contributed by atoms with Crippen LogP contribution in [0, 0.1) is 0 Å². The highest BCUT2D eigenvalue weighted by Gasteiger charge is 2.18. The Hall–Kier alpha value is -3.26. The van der Waals surface area contributed by atoms with Gasteiger partial charge in [-0.1, -0.05) is 49.1 Å². The zero-order chi connectivity index (χ0) is 19.5. The minimum Gasteiger partial charge on any atom is -0.409 e. The molecular weight excluding hydrogens is 386 g/mol. The van der Waals surface area contributed by atoms with E-state index in [-0.39, 0.29) is 13.3 Å². The second-order valence-corrected chi connectivity index (χ2v) is 6.86. The average molecular weight is 410 g/mol. The predicted molar refractivity (Wildman–Crippen MR) is 117 cm³/mol. The van der Waals surface area contributed by atoms with E-state index in [2.05, 4.69) is 29.8 Å². The van der Waals surface area contributed by atoms with Crippen LogP contribution in [0.25, 0.3) is 27.4 Å². The van der Waals surface area contributed by atoms with Crippen LogP contribution in [0.2, 0.25) is 0 Å². The number of pyridine rings is 1. The Morgan fingerprint density at radius 2 is 1.86 bits per heavy atom. The first kappa shape index (κ1) is 20.5. The lowest BCUT2D eigenvalue weighted by Crippen LogP contribution is -2.22. The van der Waals surface area contributed by atoms with Crippen LogP contribution in [0.15, 0.2) is 47.8 Å². The van der Waals surface area contributed by atoms with Gasteiger partial charge in [-0.2, -0.15) is 14.8 Å². The van der Waals surface area contributed by atoms with E-state index in [1.165, 1.54) is 11.3 Å². The van der Waals surface area contributed by atoms with Crippen molar-refractivity contribution in [3.63, 3.8) is 0 Å². The summed E-state index contributed by atoms with van der Waals surface area (Å²) in [6.07, 6.45) is 0. The van der Waals surface area contributed by atoms with Gasteiger partial charge in [-0.25, -0.2) is 4.98 Å². The van der Waals surface area contributed by atoms with Crippen molar-refractivity contribution in [2.24, 2.45) is 0 Å². The van der Waals surface area contributed by atoms with E-state index in [1.54, 1.807) is 10.1 Å². The molecule has 150 valence electrons. The van der Waals surface area contributed by atoms with Crippen molar-refractivity contribution in [2.75, 3.05) is 18.0 Å². The summed E-state index contributed by atoms with van der Waals surface area (Å²) in [5.74, 6) is 1.14. The number of hydrogen-bond donors (Lipinski definition) is 0. The average Bonchev–Trinajstić information content (AvgIpc) is 3.34. The molecule has 0 aliphatic heterocycles. The van der Waals surface area contributed by atoms with Crippen molar-refractivity contribution in [1.29, 1.82) is 0 Å². The number of aromatic nitrogens is 4. The molecule has 4 rings (SSSR count). The van der Waals surface area contributed by atoms with E-state index in [0.29, 0.717) is 11.6 Å². The fourth-order valence-electron chi connectivity index (χ4n) is 3.10. The maximum Gasteiger partial charge on any atom is 0.299 e. The predicted octanol–water partition coefficient (Wildman–Crippen LogP) is 4.56. The first-order valence-corrected chi connectivity index (χ1v) is 9.89. The van der Waals surface area contributed by atoms with E-state index in [1.807, 2.05) is 36.4 Å². The highest BCUT2D eigenvalue weighted by molar-refractivity contribution is 7.12. The molecule has 0 saturated carbocycles. The molecule has 0 spiro atoms. The summed E-state index contributed by atoms with van der Waals surface area (Å²) in [6, 6.07) is 14.1. The Morgan fingerprint density at radius 3 is 2.55 bits per heavy atom. The van der Waals surface area contributed by atoms with Gasteiger partial charge in [-0.3, -0.25) is 4.79 Å². The van der Waals surface area contributed by atoms with Gasteiger partial charge < -0.3 is 9.64 Å². The van der Waals surface area contributed by atoms with Gasteiger partial charge in [-0.15, -0.1) is 0 Å². The summed E-state index contributed by atoms with van der Waals surface area (Å²) in [5.41, 5.74) is 2.56. The Labute approximate surface area is 173 Å². The lowest BCUT2D eigenvalue weighted by Gasteiger charge is -2.19. The number of rotatable bonds is 7. The van der Waals surface area contributed by atoms with Crippen LogP contribution in [-0.4, -0.2) is 39.3 Å². The van der Waals surface area contributed by atoms with Crippen LogP contribution in [0.4, 0.5) is 5.82 Å². The number of thiazole rings is 1. The standard InChI is InChI=1S/C20H19N5O2S.CH4/c1-3-24(4-2)16-11-10-15-18(14-8-6-5-7-9-14)23-25(19(15)21-16)20-22-17(12-28-20)27-13-26;/h5-13H,3-4H2,1-2H3;1H4. The molecule has 4 aromatic rings. The highest BCUT2D eigenvalue weighted by Crippen LogP contribution is 2.32. The molecule has 0 radical (unpaired) electrons. The molecule has 0 saturated heterocycles. The second-order valence-electron chi connectivity index (χ2n) is 6.02. The molecule has 0 fully saturated rings. The molecule has 0 bridgehead atoms. The third-order valence-corrected chi connectivity index (χ3v) is 5.27. The molecular formula is C21H23N5O2S. The number of fused-ring (bicyclic) bond motifs is 1. The van der Waals surface area contributed by atoms with E-state index in [4.69, 9.17) is 14.8 Å². The highest BCUT2D eigenvalue weighted by atomic mass is 32.1. The van der Waals surface area contributed by atoms with E-state index in [0.717, 1.165) is 41.2 Å². The van der Waals surface area contributed by atoms with Crippen molar-refractivity contribution < 1.29 is 9.53 Å². The fourth-order valence-corrected chi connectivity index (χ4v) is 3.79. The molecule has 0 aliphatic carbocycles. The molecule has 0 aliphatic rings. The Kier molecular flexibility index (Phi) is 6.23. The third-order valence-electron chi connectivity index (χ3n) is 4.47. The largest absolute Gasteiger partial charge is 0.409 e. The summed E-state index contributed by atoms with van der Waals surface area (Å²) >= 11 is 1.34. The molecule has 0 amide bonds. The monoisotopic (exact) mass is 409 g/mol. The first-order chi connectivity index (χ1) is 13.7. The van der Waals surface area contributed by atoms with Crippen LogP contribution in [-0.2, 0) is 4.79 Å². The quantitative estimate of drug-likeness (QED) is 0.417. The molecule has 0 N–H and O–H groups in total. The summed E-state index contributed by atoms with van der Waals surface area (Å²) in [5, 5.41) is 8.00. The first-order valence-electron chi connectivity index (χ1n) is 9.01. The van der Waals surface area contributed by atoms with Crippen LogP contribution < -0.4 is 9.64 Å². The van der Waals surface area contributed by atoms with Gasteiger partial charge in [-0.05, 0) is 26.0 Å². The van der Waals surface area contributed by atoms with Gasteiger partial charge >= 0.3 is 0 Å². The fraction of sp³-hybridized carbons (Fsp3) is 0.238. The van der Waals surface area contributed by atoms with Crippen LogP contribution in [0.3, 0.4) is 0 Å². The Morgan fingerprint density at radius 1 is 1.10 bits per heavy atom. The summed E-state index contributed by atoms with van der Waals surface area (Å²) in [4.78, 5) is 22.0. The molecule has 29 heavy (non-hydrogen) atoms. The van der Waals surface area contributed by atoms with Gasteiger partial charge in [0, 0.05) is 24.0 Å². The lowest BCUT2D eigenvalue weighted by molar-refractivity contribution is -0.120. The van der Waals surface area contributed by atoms with Gasteiger partial charge in [0.1, 0.15) is 11.5 Å². The van der Waals surface area contributed by atoms with Crippen LogP contribution >= 0.6 is 11.3 Å². The summed E-state index contributed by atoms with van der Waals surface area (Å²) in [7, 11) is 0. The maximum absolute atomic E-state index is 10.6. The second kappa shape index (κ2) is 8.83. The van der Waals surface area contributed by atoms with Crippen molar-refractivity contribution in [1.82, 2.24) is 19.7 Å². The van der Waals surface area contributed by atoms with E-state index < -0.39 is 0 Å². The molecule has 0 unspecified atom stereocenters. The van der Waals surface area contributed by atoms with E-state index >= 15 is 0 Å². The van der Waals surface area contributed by atoms with Crippen LogP contribution in [0.5, 0.6) is 5.88 Å². The number of carbonyl (C=O) groups is 1. The van der Waals surface area contributed by atoms with Crippen molar-refractivity contribution in [2.45, 2.75) is 21.3 Å². The number of ether oxygens (including phenoxy) is 1. The smallest absolute Gasteiger partial charge is 0.299 e. The maximum atomic E-state index is 10.6. The molecule has 1 aromatic carbocycles. The Balaban J connectivity index is 0.00000240. The number of carbonyl (C=O) groups excluding carboxylic acids is 1. The number of anilines is 1. The van der Waals surface area contributed by atoms with Gasteiger partial charge in [0.15, 0.2) is 5.65 Å². The molecule has 3 heterocycles. The molecule has 8 heteroatoms. The lowest BCUT2D eigenvalue weighted by atomic mass is 10.1. The van der Waals surface area contributed by atoms with Gasteiger partial charge in [0.25, 0.3) is 6.47 Å². The van der Waals surface area contributed by atoms with Gasteiger partial charge in [0.05, 0.1) is 5.38 Å². The van der Waals surface area contributed by atoms with Crippen LogP contribution in [0.1, 0.15) is 21.3 Å².